The molecule has 0 fully saturated rings. The molecule has 1 nitrogen and oxygen atoms in total. The van der Waals surface area contributed by atoms with Gasteiger partial charge in [-0.3, -0.25) is 0 Å². The van der Waals surface area contributed by atoms with E-state index in [1.54, 1.807) is 0 Å². The zero-order valence-corrected chi connectivity index (χ0v) is 11.1. The van der Waals surface area contributed by atoms with E-state index in [4.69, 9.17) is 0 Å². The predicted octanol–water partition coefficient (Wildman–Crippen LogP) is 4.29. The molecule has 0 bridgehead atoms. The van der Waals surface area contributed by atoms with Crippen LogP contribution in [-0.4, -0.2) is 4.57 Å². The molecule has 0 N–H and O–H groups in total. The average molecular weight is 247 g/mol. The molecule has 0 saturated heterocycles. The molecule has 1 aliphatic carbocycles. The number of hydrogen-bond donors (Lipinski definition) is 0. The highest BCUT2D eigenvalue weighted by Gasteiger charge is 2.23. The highest BCUT2D eigenvalue weighted by atomic mass is 15.0. The molecule has 0 saturated carbocycles. The van der Waals surface area contributed by atoms with Gasteiger partial charge in [-0.1, -0.05) is 42.5 Å². The van der Waals surface area contributed by atoms with E-state index >= 15 is 0 Å². The number of aryl methyl sites for hydroxylation is 1. The number of benzene rings is 2. The zero-order valence-electron chi connectivity index (χ0n) is 11.1. The molecule has 0 radical (unpaired) electrons. The quantitative estimate of drug-likeness (QED) is 0.604. The molecule has 94 valence electrons. The third-order valence-electron chi connectivity index (χ3n) is 4.36. The molecular formula is C18H17N. The lowest BCUT2D eigenvalue weighted by molar-refractivity contribution is 0.546. The molecule has 0 aliphatic heterocycles. The van der Waals surface area contributed by atoms with Gasteiger partial charge in [0.1, 0.15) is 0 Å². The zero-order chi connectivity index (χ0) is 12.8. The molecule has 2 aromatic carbocycles. The van der Waals surface area contributed by atoms with Gasteiger partial charge in [0.15, 0.2) is 0 Å². The van der Waals surface area contributed by atoms with Crippen LogP contribution in [-0.2, 0) is 12.8 Å². The fourth-order valence-electron chi connectivity index (χ4n) is 3.41. The Morgan fingerprint density at radius 1 is 0.895 bits per heavy atom. The van der Waals surface area contributed by atoms with Gasteiger partial charge in [-0.15, -0.1) is 0 Å². The molecule has 0 amide bonds. The molecule has 4 rings (SSSR count). The summed E-state index contributed by atoms with van der Waals surface area (Å²) in [5.41, 5.74) is 5.79. The van der Waals surface area contributed by atoms with Crippen molar-refractivity contribution in [2.75, 3.05) is 0 Å². The molecule has 0 unspecified atom stereocenters. The largest absolute Gasteiger partial charge is 0.343 e. The summed E-state index contributed by atoms with van der Waals surface area (Å²) in [7, 11) is 0. The van der Waals surface area contributed by atoms with E-state index in [-0.39, 0.29) is 0 Å². The van der Waals surface area contributed by atoms with Crippen molar-refractivity contribution in [2.24, 2.45) is 0 Å². The van der Waals surface area contributed by atoms with Crippen LogP contribution < -0.4 is 0 Å². The van der Waals surface area contributed by atoms with Crippen molar-refractivity contribution in [1.82, 2.24) is 4.57 Å². The Labute approximate surface area is 113 Å². The average Bonchev–Trinajstić information content (AvgIpc) is 3.01. The Morgan fingerprint density at radius 3 is 2.26 bits per heavy atom. The summed E-state index contributed by atoms with van der Waals surface area (Å²) in [6, 6.07) is 18.2. The van der Waals surface area contributed by atoms with Crippen molar-refractivity contribution in [2.45, 2.75) is 25.8 Å². The molecule has 1 aliphatic rings. The second-order valence-electron chi connectivity index (χ2n) is 5.57. The maximum Gasteiger partial charge on any atom is 0.0485 e. The van der Waals surface area contributed by atoms with Gasteiger partial charge >= 0.3 is 0 Å². The Morgan fingerprint density at radius 2 is 1.53 bits per heavy atom. The van der Waals surface area contributed by atoms with Crippen LogP contribution in [0.5, 0.6) is 0 Å². The standard InChI is InChI=1S/C18H17N/c1-13-12-19(18-9-5-4-8-17(13)18)16-10-14-6-2-3-7-15(14)11-16/h2-9,12,16H,10-11H2,1H3. The summed E-state index contributed by atoms with van der Waals surface area (Å²) >= 11 is 0. The summed E-state index contributed by atoms with van der Waals surface area (Å²) < 4.78 is 2.48. The molecule has 1 aromatic heterocycles. The topological polar surface area (TPSA) is 4.93 Å². The first kappa shape index (κ1) is 10.9. The first-order valence-corrected chi connectivity index (χ1v) is 6.96. The summed E-state index contributed by atoms with van der Waals surface area (Å²) in [5, 5.41) is 1.39. The maximum atomic E-state index is 2.48. The van der Waals surface area contributed by atoms with Gasteiger partial charge in [-0.2, -0.15) is 0 Å². The number of fused-ring (bicyclic) bond motifs is 2. The van der Waals surface area contributed by atoms with Crippen LogP contribution in [0.4, 0.5) is 0 Å². The summed E-state index contributed by atoms with van der Waals surface area (Å²) in [6.45, 7) is 2.21. The Bertz CT molecular complexity index is 726. The lowest BCUT2D eigenvalue weighted by Gasteiger charge is -2.13. The molecule has 0 atom stereocenters. The third-order valence-corrected chi connectivity index (χ3v) is 4.36. The van der Waals surface area contributed by atoms with Crippen LogP contribution in [0, 0.1) is 6.92 Å². The number of aromatic nitrogens is 1. The lowest BCUT2D eigenvalue weighted by atomic mass is 10.1. The highest BCUT2D eigenvalue weighted by Crippen LogP contribution is 2.33. The minimum Gasteiger partial charge on any atom is -0.343 e. The summed E-state index contributed by atoms with van der Waals surface area (Å²) in [6.07, 6.45) is 4.64. The van der Waals surface area contributed by atoms with Crippen molar-refractivity contribution in [3.63, 3.8) is 0 Å². The van der Waals surface area contributed by atoms with Gasteiger partial charge in [-0.25, -0.2) is 0 Å². The van der Waals surface area contributed by atoms with Crippen LogP contribution in [0.15, 0.2) is 54.7 Å². The lowest BCUT2D eigenvalue weighted by Crippen LogP contribution is -2.07. The van der Waals surface area contributed by atoms with Crippen molar-refractivity contribution >= 4 is 10.9 Å². The van der Waals surface area contributed by atoms with Crippen LogP contribution in [0.3, 0.4) is 0 Å². The summed E-state index contributed by atoms with van der Waals surface area (Å²) in [4.78, 5) is 0. The van der Waals surface area contributed by atoms with Gasteiger partial charge in [-0.05, 0) is 42.5 Å². The first-order valence-electron chi connectivity index (χ1n) is 6.96. The highest BCUT2D eigenvalue weighted by molar-refractivity contribution is 5.83. The first-order chi connectivity index (χ1) is 9.33. The van der Waals surface area contributed by atoms with E-state index in [1.165, 1.54) is 27.6 Å². The second kappa shape index (κ2) is 3.99. The molecule has 0 spiro atoms. The number of nitrogens with zero attached hydrogens (tertiary/aromatic N) is 1. The smallest absolute Gasteiger partial charge is 0.0485 e. The van der Waals surface area contributed by atoms with E-state index in [1.807, 2.05) is 0 Å². The fraction of sp³-hybridized carbons (Fsp3) is 0.222. The number of para-hydroxylation sites is 1. The normalized spacial score (nSPS) is 15.0. The number of rotatable bonds is 1. The second-order valence-corrected chi connectivity index (χ2v) is 5.57. The van der Waals surface area contributed by atoms with Gasteiger partial charge in [0, 0.05) is 23.1 Å². The molecule has 3 aromatic rings. The van der Waals surface area contributed by atoms with E-state index < -0.39 is 0 Å². The van der Waals surface area contributed by atoms with Crippen molar-refractivity contribution in [1.29, 1.82) is 0 Å². The van der Waals surface area contributed by atoms with Crippen molar-refractivity contribution < 1.29 is 0 Å². The van der Waals surface area contributed by atoms with Crippen LogP contribution in [0.2, 0.25) is 0 Å². The van der Waals surface area contributed by atoms with E-state index in [0.717, 1.165) is 12.8 Å². The minimum absolute atomic E-state index is 0.580. The van der Waals surface area contributed by atoms with Crippen LogP contribution >= 0.6 is 0 Å². The Kier molecular flexibility index (Phi) is 2.28. The van der Waals surface area contributed by atoms with Gasteiger partial charge < -0.3 is 4.57 Å². The monoisotopic (exact) mass is 247 g/mol. The minimum atomic E-state index is 0.580. The maximum absolute atomic E-state index is 2.48. The third kappa shape index (κ3) is 1.61. The van der Waals surface area contributed by atoms with Gasteiger partial charge in [0.2, 0.25) is 0 Å². The van der Waals surface area contributed by atoms with E-state index in [9.17, 15) is 0 Å². The molecule has 1 heterocycles. The van der Waals surface area contributed by atoms with Gasteiger partial charge in [0.05, 0.1) is 0 Å². The fourth-order valence-corrected chi connectivity index (χ4v) is 3.41. The molecule has 1 heteroatoms. The van der Waals surface area contributed by atoms with Crippen LogP contribution in [0.1, 0.15) is 22.7 Å². The van der Waals surface area contributed by atoms with E-state index in [2.05, 4.69) is 66.2 Å². The van der Waals surface area contributed by atoms with Crippen LogP contribution in [0.25, 0.3) is 10.9 Å². The number of hydrogen-bond acceptors (Lipinski definition) is 0. The molecular weight excluding hydrogens is 230 g/mol. The van der Waals surface area contributed by atoms with Crippen molar-refractivity contribution in [3.8, 4) is 0 Å². The van der Waals surface area contributed by atoms with E-state index in [0.29, 0.717) is 6.04 Å². The summed E-state index contributed by atoms with van der Waals surface area (Å²) in [5.74, 6) is 0. The predicted molar refractivity (Wildman–Crippen MR) is 79.6 cm³/mol. The SMILES string of the molecule is Cc1cn(C2Cc3ccccc3C2)c2ccccc12. The molecule has 19 heavy (non-hydrogen) atoms. The Hall–Kier alpha value is -2.02. The van der Waals surface area contributed by atoms with Gasteiger partial charge in [0.25, 0.3) is 0 Å². The van der Waals surface area contributed by atoms with Crippen molar-refractivity contribution in [3.05, 3.63) is 71.4 Å². The Balaban J connectivity index is 1.81.